The fourth-order valence-corrected chi connectivity index (χ4v) is 2.95. The first-order valence-corrected chi connectivity index (χ1v) is 7.67. The predicted octanol–water partition coefficient (Wildman–Crippen LogP) is 3.52. The molecular formula is C17H28N2. The van der Waals surface area contributed by atoms with E-state index in [0.29, 0.717) is 12.1 Å². The standard InChI is InChI=1S/C17H28N2/c1-13(2)18-10-9-15(4)19-11-5-6-16-12-14(3)7-8-17(16)19/h7-8,12-13,15,18H,5-6,9-11H2,1-4H3. The second-order valence-corrected chi connectivity index (χ2v) is 6.18. The lowest BCUT2D eigenvalue weighted by Gasteiger charge is -2.36. The molecule has 1 heterocycles. The minimum absolute atomic E-state index is 0.587. The maximum atomic E-state index is 3.52. The van der Waals surface area contributed by atoms with Gasteiger partial charge in [0.05, 0.1) is 0 Å². The van der Waals surface area contributed by atoms with Crippen molar-refractivity contribution in [3.05, 3.63) is 29.3 Å². The largest absolute Gasteiger partial charge is 0.369 e. The van der Waals surface area contributed by atoms with Gasteiger partial charge in [-0.05, 0) is 51.3 Å². The number of hydrogen-bond donors (Lipinski definition) is 1. The Morgan fingerprint density at radius 3 is 2.79 bits per heavy atom. The number of rotatable bonds is 5. The molecule has 0 bridgehead atoms. The van der Waals surface area contributed by atoms with Gasteiger partial charge in [0, 0.05) is 24.3 Å². The molecule has 0 amide bonds. The topological polar surface area (TPSA) is 15.3 Å². The Balaban J connectivity index is 2.02. The summed E-state index contributed by atoms with van der Waals surface area (Å²) in [4.78, 5) is 2.60. The van der Waals surface area contributed by atoms with Crippen LogP contribution < -0.4 is 10.2 Å². The Morgan fingerprint density at radius 1 is 1.26 bits per heavy atom. The van der Waals surface area contributed by atoms with Crippen molar-refractivity contribution in [3.8, 4) is 0 Å². The second kappa shape index (κ2) is 6.42. The number of nitrogens with one attached hydrogen (secondary N) is 1. The van der Waals surface area contributed by atoms with Crippen LogP contribution >= 0.6 is 0 Å². The van der Waals surface area contributed by atoms with Crippen molar-refractivity contribution < 1.29 is 0 Å². The van der Waals surface area contributed by atoms with Gasteiger partial charge in [-0.15, -0.1) is 0 Å². The SMILES string of the molecule is Cc1ccc2c(c1)CCCN2C(C)CCNC(C)C. The molecule has 1 atom stereocenters. The molecule has 19 heavy (non-hydrogen) atoms. The molecule has 1 N–H and O–H groups in total. The summed E-state index contributed by atoms with van der Waals surface area (Å²) in [5, 5.41) is 3.52. The van der Waals surface area contributed by atoms with E-state index in [9.17, 15) is 0 Å². The van der Waals surface area contributed by atoms with E-state index in [1.807, 2.05) is 0 Å². The molecule has 106 valence electrons. The zero-order chi connectivity index (χ0) is 13.8. The van der Waals surface area contributed by atoms with Gasteiger partial charge in [0.2, 0.25) is 0 Å². The highest BCUT2D eigenvalue weighted by Gasteiger charge is 2.20. The third-order valence-electron chi connectivity index (χ3n) is 4.04. The molecule has 0 fully saturated rings. The molecule has 0 saturated carbocycles. The van der Waals surface area contributed by atoms with Gasteiger partial charge in [0.1, 0.15) is 0 Å². The van der Waals surface area contributed by atoms with E-state index >= 15 is 0 Å². The maximum absolute atomic E-state index is 3.52. The van der Waals surface area contributed by atoms with Crippen LogP contribution in [0.5, 0.6) is 0 Å². The van der Waals surface area contributed by atoms with Gasteiger partial charge < -0.3 is 10.2 Å². The van der Waals surface area contributed by atoms with Crippen molar-refractivity contribution in [1.29, 1.82) is 0 Å². The zero-order valence-corrected chi connectivity index (χ0v) is 12.9. The van der Waals surface area contributed by atoms with Crippen LogP contribution in [0, 0.1) is 6.92 Å². The summed E-state index contributed by atoms with van der Waals surface area (Å²) in [6.45, 7) is 11.3. The van der Waals surface area contributed by atoms with E-state index in [4.69, 9.17) is 0 Å². The van der Waals surface area contributed by atoms with Gasteiger partial charge in [0.25, 0.3) is 0 Å². The quantitative estimate of drug-likeness (QED) is 0.871. The van der Waals surface area contributed by atoms with Crippen molar-refractivity contribution in [2.75, 3.05) is 18.0 Å². The summed E-state index contributed by atoms with van der Waals surface area (Å²) in [7, 11) is 0. The highest BCUT2D eigenvalue weighted by molar-refractivity contribution is 5.57. The average Bonchev–Trinajstić information content (AvgIpc) is 2.37. The molecule has 0 radical (unpaired) electrons. The van der Waals surface area contributed by atoms with Crippen LogP contribution in [0.1, 0.15) is 44.7 Å². The van der Waals surface area contributed by atoms with Crippen molar-refractivity contribution in [3.63, 3.8) is 0 Å². The summed E-state index contributed by atoms with van der Waals surface area (Å²) in [6.07, 6.45) is 3.74. The van der Waals surface area contributed by atoms with Crippen LogP contribution in [0.4, 0.5) is 5.69 Å². The van der Waals surface area contributed by atoms with E-state index in [1.165, 1.54) is 42.6 Å². The number of hydrogen-bond acceptors (Lipinski definition) is 2. The number of benzene rings is 1. The Labute approximate surface area is 118 Å². The van der Waals surface area contributed by atoms with Gasteiger partial charge in [-0.1, -0.05) is 31.5 Å². The molecule has 0 spiro atoms. The molecule has 0 saturated heterocycles. The zero-order valence-electron chi connectivity index (χ0n) is 12.9. The minimum atomic E-state index is 0.587. The van der Waals surface area contributed by atoms with Crippen molar-refractivity contribution >= 4 is 5.69 Å². The average molecular weight is 260 g/mol. The third kappa shape index (κ3) is 3.73. The Hall–Kier alpha value is -1.02. The van der Waals surface area contributed by atoms with Crippen LogP contribution in [-0.4, -0.2) is 25.2 Å². The van der Waals surface area contributed by atoms with Crippen molar-refractivity contribution in [2.24, 2.45) is 0 Å². The van der Waals surface area contributed by atoms with E-state index in [0.717, 1.165) is 6.54 Å². The van der Waals surface area contributed by atoms with E-state index in [1.54, 1.807) is 0 Å². The maximum Gasteiger partial charge on any atom is 0.0401 e. The number of nitrogens with zero attached hydrogens (tertiary/aromatic N) is 1. The minimum Gasteiger partial charge on any atom is -0.369 e. The second-order valence-electron chi connectivity index (χ2n) is 6.18. The molecule has 1 unspecified atom stereocenters. The fraction of sp³-hybridized carbons (Fsp3) is 0.647. The van der Waals surface area contributed by atoms with E-state index in [-0.39, 0.29) is 0 Å². The lowest BCUT2D eigenvalue weighted by Crippen LogP contribution is -2.39. The summed E-state index contributed by atoms with van der Waals surface area (Å²) in [5.41, 5.74) is 4.39. The normalized spacial score (nSPS) is 16.6. The van der Waals surface area contributed by atoms with Gasteiger partial charge >= 0.3 is 0 Å². The summed E-state index contributed by atoms with van der Waals surface area (Å²) in [6, 6.07) is 8.13. The highest BCUT2D eigenvalue weighted by atomic mass is 15.2. The first kappa shape index (κ1) is 14.4. The molecule has 2 nitrogen and oxygen atoms in total. The predicted molar refractivity (Wildman–Crippen MR) is 84.1 cm³/mol. The Morgan fingerprint density at radius 2 is 2.05 bits per heavy atom. The summed E-state index contributed by atoms with van der Waals surface area (Å²) < 4.78 is 0. The van der Waals surface area contributed by atoms with E-state index in [2.05, 4.69) is 56.1 Å². The van der Waals surface area contributed by atoms with Crippen molar-refractivity contribution in [2.45, 2.75) is 59.0 Å². The van der Waals surface area contributed by atoms with Gasteiger partial charge in [-0.25, -0.2) is 0 Å². The van der Waals surface area contributed by atoms with Crippen molar-refractivity contribution in [1.82, 2.24) is 5.32 Å². The monoisotopic (exact) mass is 260 g/mol. The van der Waals surface area contributed by atoms with Crippen LogP contribution in [-0.2, 0) is 6.42 Å². The molecule has 2 heteroatoms. The summed E-state index contributed by atoms with van der Waals surface area (Å²) >= 11 is 0. The lowest BCUT2D eigenvalue weighted by atomic mass is 9.97. The van der Waals surface area contributed by atoms with Gasteiger partial charge in [-0.2, -0.15) is 0 Å². The number of anilines is 1. The molecule has 0 aromatic heterocycles. The van der Waals surface area contributed by atoms with Crippen LogP contribution in [0.2, 0.25) is 0 Å². The van der Waals surface area contributed by atoms with Crippen LogP contribution in [0.15, 0.2) is 18.2 Å². The smallest absolute Gasteiger partial charge is 0.0401 e. The van der Waals surface area contributed by atoms with Gasteiger partial charge in [0.15, 0.2) is 0 Å². The molecular weight excluding hydrogens is 232 g/mol. The summed E-state index contributed by atoms with van der Waals surface area (Å²) in [5.74, 6) is 0. The molecule has 0 aliphatic carbocycles. The number of fused-ring (bicyclic) bond motifs is 1. The molecule has 1 aromatic carbocycles. The Bertz CT molecular complexity index is 412. The molecule has 2 rings (SSSR count). The first-order valence-electron chi connectivity index (χ1n) is 7.67. The Kier molecular flexibility index (Phi) is 4.87. The van der Waals surface area contributed by atoms with Crippen LogP contribution in [0.3, 0.4) is 0 Å². The van der Waals surface area contributed by atoms with Gasteiger partial charge in [-0.3, -0.25) is 0 Å². The lowest BCUT2D eigenvalue weighted by molar-refractivity contribution is 0.505. The highest BCUT2D eigenvalue weighted by Crippen LogP contribution is 2.30. The molecule has 1 aliphatic heterocycles. The third-order valence-corrected chi connectivity index (χ3v) is 4.04. The molecule has 1 aromatic rings. The van der Waals surface area contributed by atoms with E-state index < -0.39 is 0 Å². The first-order chi connectivity index (χ1) is 9.08. The molecule has 1 aliphatic rings. The van der Waals surface area contributed by atoms with Crippen LogP contribution in [0.25, 0.3) is 0 Å². The number of aryl methyl sites for hydroxylation is 2. The fourth-order valence-electron chi connectivity index (χ4n) is 2.95.